The monoisotopic (exact) mass is 450 g/mol. The molecule has 0 aliphatic carbocycles. The lowest BCUT2D eigenvalue weighted by molar-refractivity contribution is -0.396. The molecule has 0 aromatic heterocycles. The Labute approximate surface area is 166 Å². The van der Waals surface area contributed by atoms with Crippen LogP contribution < -0.4 is 0 Å². The van der Waals surface area contributed by atoms with Crippen LogP contribution >= 0.6 is 0 Å². The molecular weight excluding hydrogens is 431 g/mol. The first-order chi connectivity index (χ1) is 13.2. The van der Waals surface area contributed by atoms with Crippen LogP contribution in [0.2, 0.25) is 0 Å². The molecule has 0 unspecified atom stereocenters. The Hall–Kier alpha value is -2.20. The molecule has 0 atom stereocenters. The van der Waals surface area contributed by atoms with E-state index in [9.17, 15) is 44.3 Å². The minimum absolute atomic E-state index is 0.159. The van der Waals surface area contributed by atoms with Crippen LogP contribution in [0.1, 0.15) is 48.7 Å². The van der Waals surface area contributed by atoms with Gasteiger partial charge in [-0.1, -0.05) is 18.7 Å². The molecule has 0 bridgehead atoms. The van der Waals surface area contributed by atoms with Crippen LogP contribution in [0, 0.1) is 0 Å². The summed E-state index contributed by atoms with van der Waals surface area (Å²) in [4.78, 5) is 12.1. The highest BCUT2D eigenvalue weighted by molar-refractivity contribution is 5.90. The number of carbonyl (C=O) groups is 1. The topological polar surface area (TPSA) is 26.3 Å². The normalized spacial score (nSPS) is 13.9. The maximum absolute atomic E-state index is 13.7. The van der Waals surface area contributed by atoms with Crippen LogP contribution in [-0.4, -0.2) is 35.5 Å². The van der Waals surface area contributed by atoms with Crippen molar-refractivity contribution in [1.82, 2.24) is 0 Å². The lowest BCUT2D eigenvalue weighted by Crippen LogP contribution is -2.60. The van der Waals surface area contributed by atoms with E-state index in [1.165, 1.54) is 12.1 Å². The number of ether oxygens (including phenoxy) is 1. The number of hydrogen-bond donors (Lipinski definition) is 0. The summed E-state index contributed by atoms with van der Waals surface area (Å²) in [5, 5.41) is 0. The van der Waals surface area contributed by atoms with E-state index >= 15 is 0 Å². The zero-order valence-corrected chi connectivity index (χ0v) is 16.1. The summed E-state index contributed by atoms with van der Waals surface area (Å²) in [6.07, 6.45) is -8.72. The summed E-state index contributed by atoms with van der Waals surface area (Å²) in [5.41, 5.74) is -1.06. The fraction of sp³-hybridized carbons (Fsp3) is 0.526. The van der Waals surface area contributed by atoms with E-state index in [-0.39, 0.29) is 16.7 Å². The zero-order valence-electron chi connectivity index (χ0n) is 16.1. The molecule has 0 aliphatic heterocycles. The number of benzene rings is 1. The van der Waals surface area contributed by atoms with Crippen LogP contribution in [0.3, 0.4) is 0 Å². The summed E-state index contributed by atoms with van der Waals surface area (Å²) in [5.74, 6) is -20.2. The van der Waals surface area contributed by atoms with E-state index < -0.39 is 48.4 Å². The van der Waals surface area contributed by atoms with Gasteiger partial charge in [0.05, 0.1) is 5.56 Å². The number of hydrogen-bond acceptors (Lipinski definition) is 2. The second-order valence-corrected chi connectivity index (χ2v) is 7.52. The molecule has 0 N–H and O–H groups in total. The molecule has 0 saturated heterocycles. The maximum atomic E-state index is 13.7. The van der Waals surface area contributed by atoms with Crippen LogP contribution in [0.25, 0.3) is 6.08 Å². The molecular formula is C19H19F9O2. The van der Waals surface area contributed by atoms with Crippen molar-refractivity contribution in [1.29, 1.82) is 0 Å². The predicted molar refractivity (Wildman–Crippen MR) is 90.9 cm³/mol. The molecule has 0 saturated carbocycles. The molecule has 0 radical (unpaired) electrons. The van der Waals surface area contributed by atoms with Gasteiger partial charge in [0.1, 0.15) is 5.60 Å². The van der Waals surface area contributed by atoms with Gasteiger partial charge in [0.15, 0.2) is 0 Å². The second-order valence-electron chi connectivity index (χ2n) is 7.52. The number of alkyl halides is 9. The van der Waals surface area contributed by atoms with Gasteiger partial charge < -0.3 is 4.74 Å². The fourth-order valence-corrected chi connectivity index (χ4v) is 2.30. The number of rotatable bonds is 7. The van der Waals surface area contributed by atoms with Gasteiger partial charge in [0.2, 0.25) is 0 Å². The smallest absolute Gasteiger partial charge is 0.456 e. The zero-order chi connectivity index (χ0) is 23.8. The minimum Gasteiger partial charge on any atom is -0.456 e. The van der Waals surface area contributed by atoms with Crippen molar-refractivity contribution >= 4 is 12.0 Å². The Kier molecular flexibility index (Phi) is 7.01. The summed E-state index contributed by atoms with van der Waals surface area (Å²) in [6, 6.07) is 3.41. The van der Waals surface area contributed by atoms with Crippen LogP contribution in [0.15, 0.2) is 24.8 Å². The third kappa shape index (κ3) is 5.48. The molecule has 1 rings (SSSR count). The highest BCUT2D eigenvalue weighted by atomic mass is 19.4. The Morgan fingerprint density at radius 2 is 1.47 bits per heavy atom. The van der Waals surface area contributed by atoms with Crippen molar-refractivity contribution in [2.45, 2.75) is 63.2 Å². The molecule has 0 amide bonds. The van der Waals surface area contributed by atoms with Gasteiger partial charge in [0.25, 0.3) is 0 Å². The van der Waals surface area contributed by atoms with E-state index in [1.54, 1.807) is 20.8 Å². The molecule has 170 valence electrons. The summed E-state index contributed by atoms with van der Waals surface area (Å²) in [7, 11) is 0. The van der Waals surface area contributed by atoms with Gasteiger partial charge in [-0.15, -0.1) is 0 Å². The Bertz CT molecular complexity index is 790. The van der Waals surface area contributed by atoms with Crippen molar-refractivity contribution in [2.75, 3.05) is 0 Å². The van der Waals surface area contributed by atoms with Gasteiger partial charge in [0, 0.05) is 6.42 Å². The van der Waals surface area contributed by atoms with Crippen molar-refractivity contribution in [3.63, 3.8) is 0 Å². The van der Waals surface area contributed by atoms with E-state index in [0.717, 1.165) is 12.1 Å². The first-order valence-corrected chi connectivity index (χ1v) is 8.45. The first-order valence-electron chi connectivity index (χ1n) is 8.45. The summed E-state index contributed by atoms with van der Waals surface area (Å²) in [6.45, 7) is 8.05. The number of halogens is 9. The quantitative estimate of drug-likeness (QED) is 0.342. The van der Waals surface area contributed by atoms with Crippen molar-refractivity contribution in [2.24, 2.45) is 0 Å². The van der Waals surface area contributed by atoms with Crippen molar-refractivity contribution in [3.8, 4) is 0 Å². The molecule has 0 aliphatic rings. The molecule has 11 heteroatoms. The van der Waals surface area contributed by atoms with Gasteiger partial charge in [-0.05, 0) is 50.5 Å². The average Bonchev–Trinajstić information content (AvgIpc) is 2.56. The van der Waals surface area contributed by atoms with E-state index in [4.69, 9.17) is 4.74 Å². The van der Waals surface area contributed by atoms with E-state index in [1.807, 2.05) is 0 Å². The molecule has 1 aromatic rings. The predicted octanol–water partition coefficient (Wildman–Crippen LogP) is 6.69. The molecule has 0 spiro atoms. The molecule has 30 heavy (non-hydrogen) atoms. The number of aryl methyl sites for hydroxylation is 1. The van der Waals surface area contributed by atoms with E-state index in [0.29, 0.717) is 0 Å². The van der Waals surface area contributed by atoms with E-state index in [2.05, 4.69) is 6.58 Å². The largest absolute Gasteiger partial charge is 0.460 e. The van der Waals surface area contributed by atoms with Gasteiger partial charge in [-0.3, -0.25) is 0 Å². The average molecular weight is 450 g/mol. The second kappa shape index (κ2) is 8.14. The third-order valence-electron chi connectivity index (χ3n) is 3.82. The van der Waals surface area contributed by atoms with Crippen molar-refractivity contribution in [3.05, 3.63) is 41.5 Å². The molecule has 0 fully saturated rings. The summed E-state index contributed by atoms with van der Waals surface area (Å²) < 4.78 is 122. The Morgan fingerprint density at radius 3 is 1.90 bits per heavy atom. The summed E-state index contributed by atoms with van der Waals surface area (Å²) >= 11 is 0. The Balaban J connectivity index is 3.17. The Morgan fingerprint density at radius 1 is 0.933 bits per heavy atom. The van der Waals surface area contributed by atoms with Gasteiger partial charge >= 0.3 is 29.9 Å². The standard InChI is InChI=1S/C19H19F9O2/c1-5-11-8-12(10-13(9-11)14(29)30-15(2,3)4)6-7-16(20,21)17(22,23)18(24,25)19(26,27)28/h5,8-10H,1,6-7H2,2-4H3. The molecule has 1 aromatic carbocycles. The first kappa shape index (κ1) is 25.8. The van der Waals surface area contributed by atoms with Gasteiger partial charge in [-0.25, -0.2) is 4.79 Å². The molecule has 2 nitrogen and oxygen atoms in total. The fourth-order valence-electron chi connectivity index (χ4n) is 2.30. The van der Waals surface area contributed by atoms with Crippen LogP contribution in [0.4, 0.5) is 39.5 Å². The highest BCUT2D eigenvalue weighted by Crippen LogP contribution is 2.54. The van der Waals surface area contributed by atoms with Gasteiger partial charge in [-0.2, -0.15) is 39.5 Å². The van der Waals surface area contributed by atoms with Crippen LogP contribution in [0.5, 0.6) is 0 Å². The lowest BCUT2D eigenvalue weighted by atomic mass is 9.95. The van der Waals surface area contributed by atoms with Crippen LogP contribution in [-0.2, 0) is 11.2 Å². The lowest BCUT2D eigenvalue weighted by Gasteiger charge is -2.33. The number of esters is 1. The minimum atomic E-state index is -6.94. The highest BCUT2D eigenvalue weighted by Gasteiger charge is 2.81. The number of carbonyl (C=O) groups excluding carboxylic acids is 1. The van der Waals surface area contributed by atoms with Crippen molar-refractivity contribution < 1.29 is 49.0 Å². The molecule has 0 heterocycles. The maximum Gasteiger partial charge on any atom is 0.460 e. The third-order valence-corrected chi connectivity index (χ3v) is 3.82. The SMILES string of the molecule is C=Cc1cc(CCC(F)(F)C(F)(F)C(F)(F)C(F)(F)F)cc(C(=O)OC(C)(C)C)c1.